The molecular formula is C30H51N7O10. The number of hydrogen-bond donors (Lipinski definition) is 8. The average Bonchev–Trinajstić information content (AvgIpc) is 3.03. The molecule has 0 saturated carbocycles. The molecule has 0 aliphatic rings. The summed E-state index contributed by atoms with van der Waals surface area (Å²) in [6.45, 7) is 4.74. The highest BCUT2D eigenvalue weighted by Gasteiger charge is 2.29. The highest BCUT2D eigenvalue weighted by atomic mass is 16.5. The number of ether oxygens (including phenoxy) is 4. The molecule has 1 aromatic carbocycles. The van der Waals surface area contributed by atoms with Crippen molar-refractivity contribution in [1.82, 2.24) is 21.3 Å². The number of aliphatic hydroxyl groups is 1. The van der Waals surface area contributed by atoms with Gasteiger partial charge in [-0.2, -0.15) is 0 Å². The number of methoxy groups -OCH3 is 1. The summed E-state index contributed by atoms with van der Waals surface area (Å²) < 4.78 is 21.1. The molecule has 0 spiro atoms. The Kier molecular flexibility index (Phi) is 21.1. The summed E-state index contributed by atoms with van der Waals surface area (Å²) in [6.07, 6.45) is 1.01. The summed E-state index contributed by atoms with van der Waals surface area (Å²) in [5.41, 5.74) is 11.2. The third-order valence-electron chi connectivity index (χ3n) is 6.47. The smallest absolute Gasteiger partial charge is 0.312 e. The van der Waals surface area contributed by atoms with E-state index in [-0.39, 0.29) is 75.7 Å². The molecule has 47 heavy (non-hydrogen) atoms. The van der Waals surface area contributed by atoms with Crippen LogP contribution in [0.15, 0.2) is 18.2 Å². The van der Waals surface area contributed by atoms with Crippen LogP contribution in [0.1, 0.15) is 38.7 Å². The Morgan fingerprint density at radius 3 is 2.23 bits per heavy atom. The molecular weight excluding hydrogens is 618 g/mol. The minimum atomic E-state index is -1.08. The maximum absolute atomic E-state index is 13.4. The molecule has 266 valence electrons. The number of hydrogen-bond acceptors (Lipinski definition) is 11. The van der Waals surface area contributed by atoms with Gasteiger partial charge in [-0.05, 0) is 37.8 Å². The Morgan fingerprint density at radius 1 is 0.872 bits per heavy atom. The van der Waals surface area contributed by atoms with Crippen molar-refractivity contribution < 1.29 is 48.0 Å². The fraction of sp³-hybridized carbons (Fsp3) is 0.633. The number of primary amides is 1. The lowest BCUT2D eigenvalue weighted by molar-refractivity contribution is -0.134. The second kappa shape index (κ2) is 24.2. The molecule has 0 heterocycles. The van der Waals surface area contributed by atoms with Crippen LogP contribution in [0, 0.1) is 5.92 Å². The van der Waals surface area contributed by atoms with Gasteiger partial charge in [-0.3, -0.25) is 19.2 Å². The quantitative estimate of drug-likeness (QED) is 0.0569. The van der Waals surface area contributed by atoms with E-state index in [1.165, 1.54) is 18.2 Å². The summed E-state index contributed by atoms with van der Waals surface area (Å²) in [6, 6.07) is 1.72. The molecule has 0 aromatic heterocycles. The van der Waals surface area contributed by atoms with Crippen LogP contribution in [0.5, 0.6) is 5.75 Å². The molecule has 0 bridgehead atoms. The Morgan fingerprint density at radius 2 is 1.57 bits per heavy atom. The Labute approximate surface area is 275 Å². The van der Waals surface area contributed by atoms with Crippen molar-refractivity contribution in [2.24, 2.45) is 17.4 Å². The van der Waals surface area contributed by atoms with Crippen LogP contribution in [0.4, 0.5) is 10.5 Å². The third-order valence-corrected chi connectivity index (χ3v) is 6.47. The first-order valence-corrected chi connectivity index (χ1v) is 15.4. The predicted octanol–water partition coefficient (Wildman–Crippen LogP) is -1.29. The maximum atomic E-state index is 13.4. The summed E-state index contributed by atoms with van der Waals surface area (Å²) in [5, 5.41) is 22.9. The van der Waals surface area contributed by atoms with Gasteiger partial charge in [0.15, 0.2) is 6.61 Å². The van der Waals surface area contributed by atoms with Crippen molar-refractivity contribution in [2.45, 2.75) is 51.8 Å². The van der Waals surface area contributed by atoms with E-state index in [1.807, 2.05) is 0 Å². The number of carbonyl (C=O) groups is 5. The molecule has 0 radical (unpaired) electrons. The van der Waals surface area contributed by atoms with Crippen molar-refractivity contribution in [3.8, 4) is 5.75 Å². The van der Waals surface area contributed by atoms with Gasteiger partial charge in [-0.15, -0.1) is 0 Å². The molecule has 10 N–H and O–H groups in total. The second-order valence-electron chi connectivity index (χ2n) is 10.7. The van der Waals surface area contributed by atoms with E-state index in [0.29, 0.717) is 38.3 Å². The number of amides is 6. The summed E-state index contributed by atoms with van der Waals surface area (Å²) >= 11 is 0. The molecule has 2 atom stereocenters. The first kappa shape index (κ1) is 41.0. The Bertz CT molecular complexity index is 1120. The zero-order valence-electron chi connectivity index (χ0n) is 27.4. The van der Waals surface area contributed by atoms with E-state index >= 15 is 0 Å². The Hall–Kier alpha value is -4.03. The van der Waals surface area contributed by atoms with Crippen LogP contribution in [0.2, 0.25) is 0 Å². The van der Waals surface area contributed by atoms with Crippen molar-refractivity contribution >= 4 is 35.3 Å². The average molecular weight is 670 g/mol. The van der Waals surface area contributed by atoms with Gasteiger partial charge >= 0.3 is 6.03 Å². The molecule has 0 aliphatic carbocycles. The van der Waals surface area contributed by atoms with Gasteiger partial charge in [0.1, 0.15) is 24.4 Å². The number of nitrogens with two attached hydrogens (primary N) is 2. The standard InChI is InChI=1S/C30H51N7O10/c1-20(2)27(37-26(40)18-46-15-14-45-13-12-44-3)29(42)36-23(6-4-10-34-30(32)43)28(41)35-22-8-7-21(17-38)24(16-22)47-19-25(39)33-11-5-9-31/h7-8,16,20,23,27,38H,4-6,9-15,17-19,31H2,1-3H3,(H,33,39)(H,35,41)(H,36,42)(H,37,40)(H3,32,34,43)/t23-,27?/m0/s1. The van der Waals surface area contributed by atoms with Gasteiger partial charge in [0.25, 0.3) is 5.91 Å². The van der Waals surface area contributed by atoms with Crippen LogP contribution < -0.4 is 42.8 Å². The highest BCUT2D eigenvalue weighted by molar-refractivity contribution is 5.98. The first-order valence-electron chi connectivity index (χ1n) is 15.4. The molecule has 17 nitrogen and oxygen atoms in total. The van der Waals surface area contributed by atoms with E-state index < -0.39 is 35.8 Å². The van der Waals surface area contributed by atoms with Crippen LogP contribution in [0.25, 0.3) is 0 Å². The molecule has 1 aromatic rings. The summed E-state index contributed by atoms with van der Waals surface area (Å²) in [4.78, 5) is 62.4. The maximum Gasteiger partial charge on any atom is 0.312 e. The number of nitrogens with one attached hydrogen (secondary N) is 5. The number of carbonyl (C=O) groups excluding carboxylic acids is 5. The summed E-state index contributed by atoms with van der Waals surface area (Å²) in [7, 11) is 1.56. The number of urea groups is 1. The SMILES string of the molecule is COCCOCCOCC(=O)NC(C(=O)N[C@@H](CCCNC(N)=O)C(=O)Nc1ccc(CO)c(OCC(=O)NCCCN)c1)C(C)C. The minimum Gasteiger partial charge on any atom is -0.483 e. The number of benzene rings is 1. The van der Waals surface area contributed by atoms with Gasteiger partial charge < -0.3 is 62.1 Å². The molecule has 6 amide bonds. The fourth-order valence-electron chi connectivity index (χ4n) is 3.98. The number of rotatable bonds is 25. The van der Waals surface area contributed by atoms with Crippen molar-refractivity contribution in [3.05, 3.63) is 23.8 Å². The van der Waals surface area contributed by atoms with Crippen LogP contribution >= 0.6 is 0 Å². The van der Waals surface area contributed by atoms with Crippen LogP contribution in [0.3, 0.4) is 0 Å². The van der Waals surface area contributed by atoms with Gasteiger partial charge in [0.2, 0.25) is 17.7 Å². The monoisotopic (exact) mass is 669 g/mol. The fourth-order valence-corrected chi connectivity index (χ4v) is 3.98. The van der Waals surface area contributed by atoms with Crippen molar-refractivity contribution in [1.29, 1.82) is 0 Å². The largest absolute Gasteiger partial charge is 0.483 e. The molecule has 0 fully saturated rings. The Balaban J connectivity index is 2.93. The molecule has 0 saturated heterocycles. The summed E-state index contributed by atoms with van der Waals surface area (Å²) in [5.74, 6) is -2.25. The second-order valence-corrected chi connectivity index (χ2v) is 10.7. The van der Waals surface area contributed by atoms with Gasteiger partial charge in [0.05, 0.1) is 33.0 Å². The van der Waals surface area contributed by atoms with Gasteiger partial charge in [-0.25, -0.2) is 4.79 Å². The number of aliphatic hydroxyl groups excluding tert-OH is 1. The third kappa shape index (κ3) is 18.0. The first-order chi connectivity index (χ1) is 22.5. The minimum absolute atomic E-state index is 0.115. The van der Waals surface area contributed by atoms with Crippen LogP contribution in [-0.2, 0) is 40.0 Å². The van der Waals surface area contributed by atoms with E-state index in [2.05, 4.69) is 26.6 Å². The number of anilines is 1. The predicted molar refractivity (Wildman–Crippen MR) is 172 cm³/mol. The van der Waals surface area contributed by atoms with E-state index in [9.17, 15) is 29.1 Å². The zero-order valence-corrected chi connectivity index (χ0v) is 27.4. The molecule has 0 aliphatic heterocycles. The topological polar surface area (TPSA) is 255 Å². The lowest BCUT2D eigenvalue weighted by Gasteiger charge is -2.25. The van der Waals surface area contributed by atoms with Crippen LogP contribution in [-0.4, -0.2) is 113 Å². The van der Waals surface area contributed by atoms with E-state index in [0.717, 1.165) is 0 Å². The highest BCUT2D eigenvalue weighted by Crippen LogP contribution is 2.24. The van der Waals surface area contributed by atoms with E-state index in [4.69, 9.17) is 30.4 Å². The lowest BCUT2D eigenvalue weighted by Crippen LogP contribution is -2.55. The van der Waals surface area contributed by atoms with Crippen molar-refractivity contribution in [3.63, 3.8) is 0 Å². The molecule has 1 unspecified atom stereocenters. The lowest BCUT2D eigenvalue weighted by atomic mass is 10.0. The van der Waals surface area contributed by atoms with Gasteiger partial charge in [0, 0.05) is 37.5 Å². The molecule has 17 heteroatoms. The van der Waals surface area contributed by atoms with E-state index in [1.54, 1.807) is 21.0 Å². The van der Waals surface area contributed by atoms with Gasteiger partial charge in [-0.1, -0.05) is 19.9 Å². The van der Waals surface area contributed by atoms with Crippen molar-refractivity contribution in [2.75, 3.05) is 71.7 Å². The molecule has 1 rings (SSSR count). The normalized spacial score (nSPS) is 12.1. The zero-order chi connectivity index (χ0) is 35.0.